The van der Waals surface area contributed by atoms with E-state index in [-0.39, 0.29) is 6.71 Å². The van der Waals surface area contributed by atoms with E-state index in [9.17, 15) is 0 Å². The summed E-state index contributed by atoms with van der Waals surface area (Å²) in [6.45, 7) is 13.6. The zero-order chi connectivity index (χ0) is 24.0. The van der Waals surface area contributed by atoms with Gasteiger partial charge in [-0.25, -0.2) is 4.98 Å². The molecule has 5 aromatic rings. The number of rotatable bonds is 4. The summed E-state index contributed by atoms with van der Waals surface area (Å²) in [5.41, 5.74) is 14.3. The van der Waals surface area contributed by atoms with Gasteiger partial charge in [-0.1, -0.05) is 86.2 Å². The molecule has 2 nitrogen and oxygen atoms in total. The van der Waals surface area contributed by atoms with Gasteiger partial charge in [0.2, 0.25) is 6.71 Å². The minimum Gasteiger partial charge on any atom is -0.301 e. The van der Waals surface area contributed by atoms with Crippen molar-refractivity contribution in [2.45, 2.75) is 41.5 Å². The van der Waals surface area contributed by atoms with Gasteiger partial charge < -0.3 is 4.57 Å². The average molecular weight is 442 g/mol. The zero-order valence-corrected chi connectivity index (χ0v) is 21.0. The van der Waals surface area contributed by atoms with Gasteiger partial charge in [0, 0.05) is 23.5 Å². The van der Waals surface area contributed by atoms with Crippen LogP contribution in [0.15, 0.2) is 79.1 Å². The molecule has 0 saturated carbocycles. The summed E-state index contributed by atoms with van der Waals surface area (Å²) in [5, 5.41) is 1.15. The van der Waals surface area contributed by atoms with E-state index in [1.807, 2.05) is 12.3 Å². The van der Waals surface area contributed by atoms with Crippen LogP contribution in [0.4, 0.5) is 0 Å². The molecule has 0 aliphatic rings. The maximum Gasteiger partial charge on any atom is 0.242 e. The van der Waals surface area contributed by atoms with Crippen LogP contribution in [0.5, 0.6) is 0 Å². The van der Waals surface area contributed by atoms with Crippen molar-refractivity contribution in [3.63, 3.8) is 0 Å². The molecule has 0 radical (unpaired) electrons. The Labute approximate surface area is 203 Å². The lowest BCUT2D eigenvalue weighted by atomic mass is 9.34. The van der Waals surface area contributed by atoms with Crippen LogP contribution in [0.1, 0.15) is 33.4 Å². The molecule has 0 aliphatic carbocycles. The van der Waals surface area contributed by atoms with Crippen molar-refractivity contribution >= 4 is 34.1 Å². The van der Waals surface area contributed by atoms with Crippen LogP contribution >= 0.6 is 0 Å². The number of benzene rings is 3. The normalized spacial score (nSPS) is 11.2. The number of pyridine rings is 1. The third kappa shape index (κ3) is 3.86. The summed E-state index contributed by atoms with van der Waals surface area (Å²) in [6.07, 6.45) is 3.96. The van der Waals surface area contributed by atoms with Gasteiger partial charge in [-0.15, -0.1) is 0 Å². The highest BCUT2D eigenvalue weighted by molar-refractivity contribution is 6.96. The standard InChI is InChI=1S/C31H31BN2/c1-20-16-22(3)29(23(4)17-20)32(30-24(5)18-21(2)19-25(30)6)27-9-11-28(12-10-27)34-15-13-26-8-7-14-33-31(26)34/h7-19H,1-6H3. The Morgan fingerprint density at radius 2 is 1.18 bits per heavy atom. The summed E-state index contributed by atoms with van der Waals surface area (Å²) < 4.78 is 2.17. The molecule has 34 heavy (non-hydrogen) atoms. The number of fused-ring (bicyclic) bond motifs is 1. The maximum absolute atomic E-state index is 4.60. The molecular weight excluding hydrogens is 411 g/mol. The van der Waals surface area contributed by atoms with Crippen molar-refractivity contribution in [2.75, 3.05) is 0 Å². The number of aryl methyl sites for hydroxylation is 6. The van der Waals surface area contributed by atoms with Crippen molar-refractivity contribution in [3.8, 4) is 5.69 Å². The fourth-order valence-electron chi connectivity index (χ4n) is 5.77. The Morgan fingerprint density at radius 1 is 0.647 bits per heavy atom. The van der Waals surface area contributed by atoms with Gasteiger partial charge >= 0.3 is 0 Å². The molecular formula is C31H31BN2. The van der Waals surface area contributed by atoms with E-state index in [0.29, 0.717) is 0 Å². The summed E-state index contributed by atoms with van der Waals surface area (Å²) in [4.78, 5) is 4.60. The van der Waals surface area contributed by atoms with Crippen molar-refractivity contribution in [2.24, 2.45) is 0 Å². The van der Waals surface area contributed by atoms with Gasteiger partial charge in [-0.2, -0.15) is 0 Å². The summed E-state index contributed by atoms with van der Waals surface area (Å²) in [5.74, 6) is 0. The van der Waals surface area contributed by atoms with E-state index in [1.165, 1.54) is 49.8 Å². The molecule has 168 valence electrons. The fraction of sp³-hybridized carbons (Fsp3) is 0.194. The van der Waals surface area contributed by atoms with E-state index in [4.69, 9.17) is 0 Å². The minimum absolute atomic E-state index is 0.190. The van der Waals surface area contributed by atoms with Crippen LogP contribution in [0.25, 0.3) is 16.7 Å². The molecule has 0 spiro atoms. The van der Waals surface area contributed by atoms with E-state index in [0.717, 1.165) is 16.7 Å². The fourth-order valence-corrected chi connectivity index (χ4v) is 5.77. The van der Waals surface area contributed by atoms with E-state index in [1.54, 1.807) is 0 Å². The van der Waals surface area contributed by atoms with Gasteiger partial charge in [-0.05, 0) is 71.9 Å². The predicted octanol–water partition coefficient (Wildman–Crippen LogP) is 5.39. The van der Waals surface area contributed by atoms with Crippen molar-refractivity contribution < 1.29 is 0 Å². The lowest BCUT2D eigenvalue weighted by Gasteiger charge is -2.24. The smallest absolute Gasteiger partial charge is 0.242 e. The Balaban J connectivity index is 1.69. The average Bonchev–Trinajstić information content (AvgIpc) is 3.21. The lowest BCUT2D eigenvalue weighted by molar-refractivity contribution is 1.09. The monoisotopic (exact) mass is 442 g/mol. The second-order valence-electron chi connectivity index (χ2n) is 9.75. The summed E-state index contributed by atoms with van der Waals surface area (Å²) >= 11 is 0. The predicted molar refractivity (Wildman–Crippen MR) is 147 cm³/mol. The van der Waals surface area contributed by atoms with E-state index < -0.39 is 0 Å². The first-order chi connectivity index (χ1) is 16.3. The summed E-state index contributed by atoms with van der Waals surface area (Å²) in [7, 11) is 0. The third-order valence-corrected chi connectivity index (χ3v) is 7.01. The summed E-state index contributed by atoms with van der Waals surface area (Å²) in [6, 6.07) is 24.5. The molecule has 5 rings (SSSR count). The second-order valence-corrected chi connectivity index (χ2v) is 9.75. The highest BCUT2D eigenvalue weighted by Crippen LogP contribution is 2.18. The zero-order valence-electron chi connectivity index (χ0n) is 21.0. The van der Waals surface area contributed by atoms with E-state index in [2.05, 4.69) is 118 Å². The van der Waals surface area contributed by atoms with Gasteiger partial charge in [0.15, 0.2) is 0 Å². The van der Waals surface area contributed by atoms with Crippen molar-refractivity contribution in [3.05, 3.63) is 113 Å². The number of hydrogen-bond acceptors (Lipinski definition) is 1. The molecule has 0 atom stereocenters. The minimum atomic E-state index is 0.190. The molecule has 0 bridgehead atoms. The Hall–Kier alpha value is -3.59. The van der Waals surface area contributed by atoms with Crippen LogP contribution in [0.3, 0.4) is 0 Å². The molecule has 0 saturated heterocycles. The van der Waals surface area contributed by atoms with E-state index >= 15 is 0 Å². The van der Waals surface area contributed by atoms with Gasteiger partial charge in [0.1, 0.15) is 5.65 Å². The molecule has 0 amide bonds. The van der Waals surface area contributed by atoms with Crippen LogP contribution in [0.2, 0.25) is 0 Å². The highest BCUT2D eigenvalue weighted by atomic mass is 15.0. The second kappa shape index (κ2) is 8.64. The topological polar surface area (TPSA) is 17.8 Å². The molecule has 0 aliphatic heterocycles. The largest absolute Gasteiger partial charge is 0.301 e. The van der Waals surface area contributed by atoms with Crippen LogP contribution in [0, 0.1) is 41.5 Å². The number of hydrogen-bond donors (Lipinski definition) is 0. The number of nitrogens with zero attached hydrogens (tertiary/aromatic N) is 2. The molecule has 0 N–H and O–H groups in total. The lowest BCUT2D eigenvalue weighted by Crippen LogP contribution is -2.55. The third-order valence-electron chi connectivity index (χ3n) is 7.01. The Bertz CT molecular complexity index is 1410. The van der Waals surface area contributed by atoms with Gasteiger partial charge in [0.25, 0.3) is 0 Å². The SMILES string of the molecule is Cc1cc(C)c(B(c2ccc(-n3ccc4cccnc43)cc2)c2c(C)cc(C)cc2C)c(C)c1. The quantitative estimate of drug-likeness (QED) is 0.341. The maximum atomic E-state index is 4.60. The first kappa shape index (κ1) is 22.2. The van der Waals surface area contributed by atoms with Gasteiger partial charge in [0.05, 0.1) is 0 Å². The van der Waals surface area contributed by atoms with Crippen LogP contribution in [-0.2, 0) is 0 Å². The number of aromatic nitrogens is 2. The Morgan fingerprint density at radius 3 is 1.71 bits per heavy atom. The molecule has 0 fully saturated rings. The van der Waals surface area contributed by atoms with Gasteiger partial charge in [-0.3, -0.25) is 0 Å². The van der Waals surface area contributed by atoms with Crippen LogP contribution < -0.4 is 16.4 Å². The first-order valence-electron chi connectivity index (χ1n) is 12.0. The van der Waals surface area contributed by atoms with Crippen LogP contribution in [-0.4, -0.2) is 16.3 Å². The highest BCUT2D eigenvalue weighted by Gasteiger charge is 2.28. The van der Waals surface area contributed by atoms with Crippen molar-refractivity contribution in [1.82, 2.24) is 9.55 Å². The Kier molecular flexibility index (Phi) is 5.65. The van der Waals surface area contributed by atoms with Crippen molar-refractivity contribution in [1.29, 1.82) is 0 Å². The molecule has 2 heterocycles. The first-order valence-corrected chi connectivity index (χ1v) is 12.0. The molecule has 2 aromatic heterocycles. The molecule has 0 unspecified atom stereocenters. The molecule has 3 aromatic carbocycles. The molecule has 3 heteroatoms.